The summed E-state index contributed by atoms with van der Waals surface area (Å²) in [5.41, 5.74) is 1.80. The number of rotatable bonds is 5. The molecule has 0 saturated carbocycles. The number of carbonyl (C=O) groups is 1. The van der Waals surface area contributed by atoms with Gasteiger partial charge in [0.25, 0.3) is 5.56 Å². The number of aromatic nitrogens is 2. The lowest BCUT2D eigenvalue weighted by molar-refractivity contribution is -0.135. The van der Waals surface area contributed by atoms with Crippen molar-refractivity contribution in [3.8, 4) is 5.75 Å². The molecule has 6 heteroatoms. The number of fused-ring (bicyclic) bond motifs is 1. The smallest absolute Gasteiger partial charge is 0.331 e. The van der Waals surface area contributed by atoms with Gasteiger partial charge in [-0.15, -0.1) is 11.3 Å². The van der Waals surface area contributed by atoms with Crippen molar-refractivity contribution in [1.29, 1.82) is 0 Å². The Morgan fingerprint density at radius 2 is 1.81 bits per heavy atom. The van der Waals surface area contributed by atoms with Crippen molar-refractivity contribution in [3.05, 3.63) is 93.9 Å². The first-order chi connectivity index (χ1) is 13.2. The molecule has 0 bridgehead atoms. The molecular weight excluding hydrogens is 360 g/mol. The molecule has 2 aromatic carbocycles. The van der Waals surface area contributed by atoms with Gasteiger partial charge >= 0.3 is 5.97 Å². The first-order valence-corrected chi connectivity index (χ1v) is 9.34. The maximum atomic E-state index is 12.4. The molecule has 0 fully saturated rings. The minimum Gasteiger partial charge on any atom is -0.425 e. The number of benzene rings is 2. The molecule has 27 heavy (non-hydrogen) atoms. The average Bonchev–Trinajstić information content (AvgIpc) is 3.16. The second-order valence-corrected chi connectivity index (χ2v) is 6.96. The summed E-state index contributed by atoms with van der Waals surface area (Å²) in [4.78, 5) is 29.7. The van der Waals surface area contributed by atoms with Crippen LogP contribution in [0.2, 0.25) is 0 Å². The summed E-state index contributed by atoms with van der Waals surface area (Å²) < 4.78 is 6.82. The van der Waals surface area contributed by atoms with E-state index in [9.17, 15) is 9.59 Å². The lowest BCUT2D eigenvalue weighted by Crippen LogP contribution is -2.26. The highest BCUT2D eigenvalue weighted by atomic mass is 32.1. The Morgan fingerprint density at radius 3 is 2.67 bits per heavy atom. The standard InChI is InChI=1S/C21H16N2O3S/c24-19(13-23-14-22-20-17(21(23)25)10-11-27-20)26-18-9-5-4-8-16(18)12-15-6-2-1-3-7-15/h1-11,14H,12-13H2. The topological polar surface area (TPSA) is 61.2 Å². The normalized spacial score (nSPS) is 10.8. The predicted octanol–water partition coefficient (Wildman–Crippen LogP) is 3.65. The van der Waals surface area contributed by atoms with Crippen LogP contribution < -0.4 is 10.3 Å². The molecule has 0 saturated heterocycles. The first kappa shape index (κ1) is 17.2. The van der Waals surface area contributed by atoms with Crippen molar-refractivity contribution in [3.63, 3.8) is 0 Å². The molecule has 0 aliphatic carbocycles. The number of carbonyl (C=O) groups excluding carboxylic acids is 1. The molecule has 0 atom stereocenters. The summed E-state index contributed by atoms with van der Waals surface area (Å²) in [6.45, 7) is -0.183. The molecule has 4 aromatic rings. The lowest BCUT2D eigenvalue weighted by atomic mass is 10.0. The fourth-order valence-corrected chi connectivity index (χ4v) is 3.59. The monoisotopic (exact) mass is 376 g/mol. The van der Waals surface area contributed by atoms with Crippen LogP contribution in [0.3, 0.4) is 0 Å². The molecule has 0 N–H and O–H groups in total. The van der Waals surface area contributed by atoms with Crippen LogP contribution in [0.15, 0.2) is 77.2 Å². The molecule has 134 valence electrons. The van der Waals surface area contributed by atoms with E-state index in [1.165, 1.54) is 22.2 Å². The van der Waals surface area contributed by atoms with E-state index in [4.69, 9.17) is 4.74 Å². The minimum atomic E-state index is -0.506. The average molecular weight is 376 g/mol. The Bertz CT molecular complexity index is 1150. The van der Waals surface area contributed by atoms with E-state index in [0.717, 1.165) is 11.1 Å². The van der Waals surface area contributed by atoms with Crippen molar-refractivity contribution < 1.29 is 9.53 Å². The Kier molecular flexibility index (Phi) is 4.80. The third-order valence-corrected chi connectivity index (χ3v) is 5.00. The van der Waals surface area contributed by atoms with Crippen molar-refractivity contribution in [2.45, 2.75) is 13.0 Å². The van der Waals surface area contributed by atoms with E-state index < -0.39 is 5.97 Å². The van der Waals surface area contributed by atoms with Crippen LogP contribution >= 0.6 is 11.3 Å². The van der Waals surface area contributed by atoms with Gasteiger partial charge in [-0.05, 0) is 28.6 Å². The Balaban J connectivity index is 1.53. The molecule has 0 aliphatic rings. The number of thiophene rings is 1. The zero-order chi connectivity index (χ0) is 18.6. The van der Waals surface area contributed by atoms with E-state index >= 15 is 0 Å². The zero-order valence-electron chi connectivity index (χ0n) is 14.4. The number of nitrogens with zero attached hydrogens (tertiary/aromatic N) is 2. The second kappa shape index (κ2) is 7.55. The van der Waals surface area contributed by atoms with Gasteiger partial charge in [0.05, 0.1) is 11.7 Å². The van der Waals surface area contributed by atoms with Crippen LogP contribution in [0.4, 0.5) is 0 Å². The predicted molar refractivity (Wildman–Crippen MR) is 105 cm³/mol. The van der Waals surface area contributed by atoms with E-state index in [2.05, 4.69) is 4.98 Å². The number of hydrogen-bond acceptors (Lipinski definition) is 5. The van der Waals surface area contributed by atoms with E-state index in [-0.39, 0.29) is 12.1 Å². The summed E-state index contributed by atoms with van der Waals surface area (Å²) in [5.74, 6) is -0.00189. The van der Waals surface area contributed by atoms with Gasteiger partial charge in [0.2, 0.25) is 0 Å². The largest absolute Gasteiger partial charge is 0.425 e. The number of hydrogen-bond donors (Lipinski definition) is 0. The van der Waals surface area contributed by atoms with Crippen molar-refractivity contribution in [1.82, 2.24) is 9.55 Å². The highest BCUT2D eigenvalue weighted by Gasteiger charge is 2.13. The summed E-state index contributed by atoms with van der Waals surface area (Å²) >= 11 is 1.39. The fourth-order valence-electron chi connectivity index (χ4n) is 2.87. The summed E-state index contributed by atoms with van der Waals surface area (Å²) in [7, 11) is 0. The maximum absolute atomic E-state index is 12.4. The van der Waals surface area contributed by atoms with Gasteiger partial charge in [-0.25, -0.2) is 9.78 Å². The SMILES string of the molecule is O=C(Cn1cnc2sccc2c1=O)Oc1ccccc1Cc1ccccc1. The van der Waals surface area contributed by atoms with Crippen LogP contribution in [0.5, 0.6) is 5.75 Å². The molecule has 5 nitrogen and oxygen atoms in total. The molecule has 2 aromatic heterocycles. The Labute approximate surface area is 159 Å². The third kappa shape index (κ3) is 3.80. The molecule has 0 unspecified atom stereocenters. The van der Waals surface area contributed by atoms with Crippen LogP contribution in [0, 0.1) is 0 Å². The van der Waals surface area contributed by atoms with Crippen molar-refractivity contribution in [2.75, 3.05) is 0 Å². The van der Waals surface area contributed by atoms with Gasteiger partial charge in [0.1, 0.15) is 17.1 Å². The zero-order valence-corrected chi connectivity index (χ0v) is 15.2. The quantitative estimate of drug-likeness (QED) is 0.394. The number of ether oxygens (including phenoxy) is 1. The van der Waals surface area contributed by atoms with Crippen LogP contribution in [0.25, 0.3) is 10.2 Å². The van der Waals surface area contributed by atoms with Gasteiger partial charge in [0.15, 0.2) is 0 Å². The molecule has 4 rings (SSSR count). The highest BCUT2D eigenvalue weighted by molar-refractivity contribution is 7.16. The van der Waals surface area contributed by atoms with Gasteiger partial charge in [-0.2, -0.15) is 0 Å². The number of esters is 1. The molecule has 0 radical (unpaired) electrons. The van der Waals surface area contributed by atoms with Gasteiger partial charge in [-0.3, -0.25) is 9.36 Å². The molecular formula is C21H16N2O3S. The minimum absolute atomic E-state index is 0.183. The summed E-state index contributed by atoms with van der Waals surface area (Å²) in [6.07, 6.45) is 2.05. The van der Waals surface area contributed by atoms with Gasteiger partial charge < -0.3 is 4.74 Å². The lowest BCUT2D eigenvalue weighted by Gasteiger charge is -2.11. The van der Waals surface area contributed by atoms with Crippen LogP contribution in [-0.2, 0) is 17.8 Å². The van der Waals surface area contributed by atoms with Crippen molar-refractivity contribution >= 4 is 27.5 Å². The molecule has 2 heterocycles. The van der Waals surface area contributed by atoms with Gasteiger partial charge in [0, 0.05) is 6.42 Å². The van der Waals surface area contributed by atoms with E-state index in [1.54, 1.807) is 12.1 Å². The first-order valence-electron chi connectivity index (χ1n) is 8.46. The molecule has 0 spiro atoms. The van der Waals surface area contributed by atoms with E-state index in [0.29, 0.717) is 22.4 Å². The third-order valence-electron chi connectivity index (χ3n) is 4.18. The molecule has 0 amide bonds. The fraction of sp³-hybridized carbons (Fsp3) is 0.0952. The summed E-state index contributed by atoms with van der Waals surface area (Å²) in [6, 6.07) is 19.1. The summed E-state index contributed by atoms with van der Waals surface area (Å²) in [5, 5.41) is 2.32. The van der Waals surface area contributed by atoms with Crippen LogP contribution in [-0.4, -0.2) is 15.5 Å². The second-order valence-electron chi connectivity index (χ2n) is 6.06. The van der Waals surface area contributed by atoms with E-state index in [1.807, 2.05) is 53.9 Å². The van der Waals surface area contributed by atoms with Crippen molar-refractivity contribution in [2.24, 2.45) is 0 Å². The highest BCUT2D eigenvalue weighted by Crippen LogP contribution is 2.22. The Hall–Kier alpha value is -3.25. The van der Waals surface area contributed by atoms with Crippen LogP contribution in [0.1, 0.15) is 11.1 Å². The Morgan fingerprint density at radius 1 is 1.04 bits per heavy atom. The number of para-hydroxylation sites is 1. The maximum Gasteiger partial charge on any atom is 0.331 e. The van der Waals surface area contributed by atoms with Gasteiger partial charge in [-0.1, -0.05) is 48.5 Å². The molecule has 0 aliphatic heterocycles.